The Hall–Kier alpha value is -1.29. The molecule has 0 aliphatic rings. The first-order valence-electron chi connectivity index (χ1n) is 4.80. The molecule has 4 heteroatoms. The fourth-order valence-electron chi connectivity index (χ4n) is 1.37. The first-order valence-corrected chi connectivity index (χ1v) is 5.44. The van der Waals surface area contributed by atoms with Crippen LogP contribution < -0.4 is 0 Å². The summed E-state index contributed by atoms with van der Waals surface area (Å²) in [5.74, 6) is 1.95. The maximum atomic E-state index is 5.52. The van der Waals surface area contributed by atoms with Gasteiger partial charge in [-0.25, -0.2) is 0 Å². The summed E-state index contributed by atoms with van der Waals surface area (Å²) < 4.78 is 5.52. The van der Waals surface area contributed by atoms with Crippen molar-refractivity contribution in [2.24, 2.45) is 0 Å². The van der Waals surface area contributed by atoms with Gasteiger partial charge >= 0.3 is 0 Å². The smallest absolute Gasteiger partial charge is 0.247 e. The van der Waals surface area contributed by atoms with E-state index in [2.05, 4.69) is 22.8 Å². The molecule has 2 aromatic rings. The number of aromatic nitrogens is 2. The highest BCUT2D eigenvalue weighted by atomic mass is 32.1. The van der Waals surface area contributed by atoms with Crippen LogP contribution in [0.3, 0.4) is 0 Å². The molecule has 2 rings (SSSR count). The standard InChI is InChI=1S/C11H12N2OS/c1-8-4-2-3-5-9(8)11-13-12-10(14-11)6-7-15/h2-5,15H,6-7H2,1H3. The minimum Gasteiger partial charge on any atom is -0.421 e. The Labute approximate surface area is 93.9 Å². The van der Waals surface area contributed by atoms with Crippen LogP contribution in [0.25, 0.3) is 11.5 Å². The number of nitrogens with zero attached hydrogens (tertiary/aromatic N) is 2. The molecule has 1 aromatic carbocycles. The van der Waals surface area contributed by atoms with Gasteiger partial charge in [-0.15, -0.1) is 10.2 Å². The van der Waals surface area contributed by atoms with Crippen LogP contribution >= 0.6 is 12.6 Å². The number of aryl methyl sites for hydroxylation is 2. The fraction of sp³-hybridized carbons (Fsp3) is 0.273. The molecule has 0 atom stereocenters. The van der Waals surface area contributed by atoms with Crippen LogP contribution in [0.2, 0.25) is 0 Å². The zero-order valence-corrected chi connectivity index (χ0v) is 9.37. The lowest BCUT2D eigenvalue weighted by Crippen LogP contribution is -1.84. The van der Waals surface area contributed by atoms with Gasteiger partial charge in [-0.05, 0) is 24.3 Å². The zero-order valence-electron chi connectivity index (χ0n) is 8.47. The van der Waals surface area contributed by atoms with Crippen molar-refractivity contribution in [3.05, 3.63) is 35.7 Å². The second-order valence-electron chi connectivity index (χ2n) is 3.29. The highest BCUT2D eigenvalue weighted by molar-refractivity contribution is 7.80. The summed E-state index contributed by atoms with van der Waals surface area (Å²) in [7, 11) is 0. The maximum Gasteiger partial charge on any atom is 0.247 e. The van der Waals surface area contributed by atoms with Crippen molar-refractivity contribution in [3.8, 4) is 11.5 Å². The number of rotatable bonds is 3. The van der Waals surface area contributed by atoms with Gasteiger partial charge in [0.1, 0.15) is 0 Å². The van der Waals surface area contributed by atoms with E-state index in [1.54, 1.807) is 0 Å². The highest BCUT2D eigenvalue weighted by Crippen LogP contribution is 2.21. The topological polar surface area (TPSA) is 38.9 Å². The van der Waals surface area contributed by atoms with E-state index in [0.717, 1.165) is 16.9 Å². The highest BCUT2D eigenvalue weighted by Gasteiger charge is 2.09. The zero-order chi connectivity index (χ0) is 10.7. The Bertz CT molecular complexity index is 453. The van der Waals surface area contributed by atoms with Crippen molar-refractivity contribution in [2.75, 3.05) is 5.75 Å². The van der Waals surface area contributed by atoms with E-state index in [1.807, 2.05) is 31.2 Å². The quantitative estimate of drug-likeness (QED) is 0.808. The first-order chi connectivity index (χ1) is 7.31. The van der Waals surface area contributed by atoms with E-state index in [1.165, 1.54) is 0 Å². The summed E-state index contributed by atoms with van der Waals surface area (Å²) in [5, 5.41) is 7.97. The summed E-state index contributed by atoms with van der Waals surface area (Å²) in [5.41, 5.74) is 2.13. The summed E-state index contributed by atoms with van der Waals surface area (Å²) in [6.45, 7) is 2.03. The molecule has 0 unspecified atom stereocenters. The summed E-state index contributed by atoms with van der Waals surface area (Å²) >= 11 is 4.12. The van der Waals surface area contributed by atoms with Gasteiger partial charge in [0, 0.05) is 12.0 Å². The fourth-order valence-corrected chi connectivity index (χ4v) is 1.56. The van der Waals surface area contributed by atoms with E-state index in [0.29, 0.717) is 18.2 Å². The Balaban J connectivity index is 2.33. The van der Waals surface area contributed by atoms with Gasteiger partial charge in [-0.2, -0.15) is 12.6 Å². The van der Waals surface area contributed by atoms with Gasteiger partial charge in [0.15, 0.2) is 0 Å². The third-order valence-electron chi connectivity index (χ3n) is 2.17. The van der Waals surface area contributed by atoms with Crippen molar-refractivity contribution >= 4 is 12.6 Å². The van der Waals surface area contributed by atoms with Crippen molar-refractivity contribution in [3.63, 3.8) is 0 Å². The van der Waals surface area contributed by atoms with Crippen LogP contribution in [0, 0.1) is 6.92 Å². The molecular weight excluding hydrogens is 208 g/mol. The normalized spacial score (nSPS) is 10.5. The largest absolute Gasteiger partial charge is 0.421 e. The molecule has 15 heavy (non-hydrogen) atoms. The molecular formula is C11H12N2OS. The van der Waals surface area contributed by atoms with Gasteiger partial charge < -0.3 is 4.42 Å². The van der Waals surface area contributed by atoms with E-state index >= 15 is 0 Å². The summed E-state index contributed by atoms with van der Waals surface area (Å²) in [6, 6.07) is 7.96. The molecule has 3 nitrogen and oxygen atoms in total. The van der Waals surface area contributed by atoms with Crippen LogP contribution in [0.1, 0.15) is 11.5 Å². The summed E-state index contributed by atoms with van der Waals surface area (Å²) in [4.78, 5) is 0. The van der Waals surface area contributed by atoms with Crippen molar-refractivity contribution < 1.29 is 4.42 Å². The lowest BCUT2D eigenvalue weighted by molar-refractivity contribution is 0.514. The van der Waals surface area contributed by atoms with E-state index in [9.17, 15) is 0 Å². The van der Waals surface area contributed by atoms with Gasteiger partial charge in [0.05, 0.1) is 0 Å². The van der Waals surface area contributed by atoms with E-state index in [-0.39, 0.29) is 0 Å². The molecule has 0 spiro atoms. The number of benzene rings is 1. The molecule has 0 saturated carbocycles. The maximum absolute atomic E-state index is 5.52. The monoisotopic (exact) mass is 220 g/mol. The number of hydrogen-bond acceptors (Lipinski definition) is 4. The van der Waals surface area contributed by atoms with E-state index in [4.69, 9.17) is 4.42 Å². The SMILES string of the molecule is Cc1ccccc1-c1nnc(CCS)o1. The molecule has 1 heterocycles. The number of hydrogen-bond donors (Lipinski definition) is 1. The molecule has 0 fully saturated rings. The Kier molecular flexibility index (Phi) is 3.06. The van der Waals surface area contributed by atoms with E-state index < -0.39 is 0 Å². The minimum atomic E-state index is 0.588. The predicted molar refractivity (Wildman–Crippen MR) is 62.0 cm³/mol. The second kappa shape index (κ2) is 4.49. The molecule has 0 N–H and O–H groups in total. The second-order valence-corrected chi connectivity index (χ2v) is 3.74. The number of thiol groups is 1. The van der Waals surface area contributed by atoms with Crippen LogP contribution in [-0.4, -0.2) is 16.0 Å². The van der Waals surface area contributed by atoms with Crippen molar-refractivity contribution in [1.29, 1.82) is 0 Å². The lowest BCUT2D eigenvalue weighted by atomic mass is 10.1. The Morgan fingerprint density at radius 1 is 1.27 bits per heavy atom. The molecule has 0 saturated heterocycles. The Morgan fingerprint density at radius 2 is 2.07 bits per heavy atom. The molecule has 0 amide bonds. The summed E-state index contributed by atoms with van der Waals surface area (Å²) in [6.07, 6.45) is 0.710. The Morgan fingerprint density at radius 3 is 2.80 bits per heavy atom. The van der Waals surface area contributed by atoms with Crippen molar-refractivity contribution in [2.45, 2.75) is 13.3 Å². The molecule has 78 valence electrons. The molecule has 0 aliphatic carbocycles. The minimum absolute atomic E-state index is 0.588. The van der Waals surface area contributed by atoms with Crippen molar-refractivity contribution in [1.82, 2.24) is 10.2 Å². The molecule has 0 bridgehead atoms. The third kappa shape index (κ3) is 2.21. The van der Waals surface area contributed by atoms with Crippen LogP contribution in [0.4, 0.5) is 0 Å². The lowest BCUT2D eigenvalue weighted by Gasteiger charge is -1.98. The van der Waals surface area contributed by atoms with Crippen LogP contribution in [-0.2, 0) is 6.42 Å². The average molecular weight is 220 g/mol. The van der Waals surface area contributed by atoms with Gasteiger partial charge in [-0.3, -0.25) is 0 Å². The van der Waals surface area contributed by atoms with Crippen LogP contribution in [0.5, 0.6) is 0 Å². The molecule has 0 radical (unpaired) electrons. The predicted octanol–water partition coefficient (Wildman–Crippen LogP) is 2.52. The molecule has 1 aromatic heterocycles. The van der Waals surface area contributed by atoms with Gasteiger partial charge in [0.25, 0.3) is 0 Å². The average Bonchev–Trinajstić information content (AvgIpc) is 2.68. The molecule has 0 aliphatic heterocycles. The van der Waals surface area contributed by atoms with Gasteiger partial charge in [0.2, 0.25) is 11.8 Å². The third-order valence-corrected chi connectivity index (χ3v) is 2.39. The van der Waals surface area contributed by atoms with Gasteiger partial charge in [-0.1, -0.05) is 18.2 Å². The van der Waals surface area contributed by atoms with Crippen LogP contribution in [0.15, 0.2) is 28.7 Å². The first kappa shape index (κ1) is 10.2.